The Morgan fingerprint density at radius 3 is 2.50 bits per heavy atom. The van der Waals surface area contributed by atoms with Crippen molar-refractivity contribution in [2.75, 3.05) is 0 Å². The third kappa shape index (κ3) is 4.82. The number of ketones is 1. The standard InChI is InChI=1S/C11H9BrClF3OS/c1-6(12)10(17)8-2-7(5-13)3-9(4-8)18-11(14,15)16/h2-4,6H,5H2,1H3. The molecular formula is C11H9BrClF3OS. The van der Waals surface area contributed by atoms with Crippen LogP contribution in [0.25, 0.3) is 0 Å². The van der Waals surface area contributed by atoms with Crippen LogP contribution in [-0.2, 0) is 5.88 Å². The van der Waals surface area contributed by atoms with Gasteiger partial charge in [-0.3, -0.25) is 4.79 Å². The first-order valence-electron chi connectivity index (χ1n) is 4.87. The van der Waals surface area contributed by atoms with Crippen LogP contribution in [0.15, 0.2) is 23.1 Å². The molecule has 0 spiro atoms. The normalized spacial score (nSPS) is 13.4. The molecule has 0 radical (unpaired) electrons. The third-order valence-electron chi connectivity index (χ3n) is 2.00. The monoisotopic (exact) mass is 360 g/mol. The predicted molar refractivity (Wildman–Crippen MR) is 70.6 cm³/mol. The van der Waals surface area contributed by atoms with Crippen molar-refractivity contribution in [3.63, 3.8) is 0 Å². The SMILES string of the molecule is CC(Br)C(=O)c1cc(CCl)cc(SC(F)(F)F)c1. The second kappa shape index (κ2) is 6.30. The van der Waals surface area contributed by atoms with Gasteiger partial charge in [0.1, 0.15) is 0 Å². The van der Waals surface area contributed by atoms with Crippen LogP contribution in [0.3, 0.4) is 0 Å². The van der Waals surface area contributed by atoms with Crippen LogP contribution in [-0.4, -0.2) is 16.1 Å². The molecule has 0 aliphatic carbocycles. The molecule has 1 unspecified atom stereocenters. The van der Waals surface area contributed by atoms with Gasteiger partial charge >= 0.3 is 5.51 Å². The van der Waals surface area contributed by atoms with E-state index in [2.05, 4.69) is 15.9 Å². The maximum absolute atomic E-state index is 12.3. The second-order valence-corrected chi connectivity index (χ2v) is 6.31. The van der Waals surface area contributed by atoms with E-state index in [4.69, 9.17) is 11.6 Å². The predicted octanol–water partition coefficient (Wildman–Crippen LogP) is 5.00. The molecule has 0 amide bonds. The average Bonchev–Trinajstić information content (AvgIpc) is 2.24. The van der Waals surface area contributed by atoms with E-state index in [1.54, 1.807) is 6.92 Å². The summed E-state index contributed by atoms with van der Waals surface area (Å²) in [4.78, 5) is 11.3. The summed E-state index contributed by atoms with van der Waals surface area (Å²) >= 11 is 8.46. The van der Waals surface area contributed by atoms with Crippen LogP contribution < -0.4 is 0 Å². The molecule has 0 aromatic heterocycles. The zero-order valence-corrected chi connectivity index (χ0v) is 12.4. The summed E-state index contributed by atoms with van der Waals surface area (Å²) in [5, 5.41) is 0. The van der Waals surface area contributed by atoms with Crippen LogP contribution in [0.4, 0.5) is 13.2 Å². The summed E-state index contributed by atoms with van der Waals surface area (Å²) in [5.41, 5.74) is -3.67. The van der Waals surface area contributed by atoms with Gasteiger partial charge in [-0.15, -0.1) is 11.6 Å². The van der Waals surface area contributed by atoms with E-state index in [0.717, 1.165) is 0 Å². The van der Waals surface area contributed by atoms with Crippen LogP contribution in [0.1, 0.15) is 22.8 Å². The van der Waals surface area contributed by atoms with Crippen LogP contribution in [0, 0.1) is 0 Å². The van der Waals surface area contributed by atoms with Gasteiger partial charge in [0.05, 0.1) is 4.83 Å². The molecule has 0 fully saturated rings. The molecule has 0 saturated carbocycles. The molecule has 0 bridgehead atoms. The van der Waals surface area contributed by atoms with E-state index in [0.29, 0.717) is 5.56 Å². The van der Waals surface area contributed by atoms with E-state index >= 15 is 0 Å². The van der Waals surface area contributed by atoms with Gasteiger partial charge in [-0.2, -0.15) is 13.2 Å². The number of hydrogen-bond donors (Lipinski definition) is 0. The summed E-state index contributed by atoms with van der Waals surface area (Å²) in [7, 11) is 0. The second-order valence-electron chi connectivity index (χ2n) is 3.53. The first-order chi connectivity index (χ1) is 8.23. The average molecular weight is 362 g/mol. The molecule has 18 heavy (non-hydrogen) atoms. The quantitative estimate of drug-likeness (QED) is 0.426. The fraction of sp³-hybridized carbons (Fsp3) is 0.364. The van der Waals surface area contributed by atoms with Gasteiger partial charge in [-0.05, 0) is 42.4 Å². The molecule has 1 rings (SSSR count). The van der Waals surface area contributed by atoms with Gasteiger partial charge in [0.2, 0.25) is 0 Å². The first-order valence-corrected chi connectivity index (χ1v) is 7.13. The molecule has 0 saturated heterocycles. The number of alkyl halides is 5. The molecule has 1 atom stereocenters. The number of carbonyl (C=O) groups excluding carboxylic acids is 1. The Hall–Kier alpha value is -0.200. The van der Waals surface area contributed by atoms with E-state index in [1.807, 2.05) is 0 Å². The van der Waals surface area contributed by atoms with Crippen molar-refractivity contribution in [2.24, 2.45) is 0 Å². The number of carbonyl (C=O) groups is 1. The summed E-state index contributed by atoms with van der Waals surface area (Å²) in [6.45, 7) is 1.62. The Kier molecular flexibility index (Phi) is 5.55. The molecule has 1 aromatic carbocycles. The summed E-state index contributed by atoms with van der Waals surface area (Å²) in [6, 6.07) is 4.07. The highest BCUT2D eigenvalue weighted by Gasteiger charge is 2.29. The van der Waals surface area contributed by atoms with Gasteiger partial charge in [0, 0.05) is 16.3 Å². The highest BCUT2D eigenvalue weighted by atomic mass is 79.9. The number of benzene rings is 1. The van der Waals surface area contributed by atoms with Gasteiger partial charge in [0.25, 0.3) is 0 Å². The lowest BCUT2D eigenvalue weighted by atomic mass is 10.1. The lowest BCUT2D eigenvalue weighted by Gasteiger charge is -2.10. The molecule has 0 aliphatic heterocycles. The lowest BCUT2D eigenvalue weighted by Crippen LogP contribution is -2.10. The van der Waals surface area contributed by atoms with Crippen molar-refractivity contribution in [3.8, 4) is 0 Å². The van der Waals surface area contributed by atoms with Crippen molar-refractivity contribution in [3.05, 3.63) is 29.3 Å². The summed E-state index contributed by atoms with van der Waals surface area (Å²) in [5.74, 6) is -0.213. The smallest absolute Gasteiger partial charge is 0.293 e. The Balaban J connectivity index is 3.13. The number of halogens is 5. The molecule has 1 nitrogen and oxygen atoms in total. The van der Waals surface area contributed by atoms with Crippen molar-refractivity contribution >= 4 is 45.1 Å². The number of rotatable bonds is 4. The van der Waals surface area contributed by atoms with Gasteiger partial charge in [-0.1, -0.05) is 15.9 Å². The summed E-state index contributed by atoms with van der Waals surface area (Å²) < 4.78 is 36.9. The molecule has 7 heteroatoms. The van der Waals surface area contributed by atoms with Crippen molar-refractivity contribution < 1.29 is 18.0 Å². The minimum absolute atomic E-state index is 0.0304. The number of thioether (sulfide) groups is 1. The molecule has 1 aromatic rings. The topological polar surface area (TPSA) is 17.1 Å². The van der Waals surface area contributed by atoms with E-state index < -0.39 is 10.3 Å². The first kappa shape index (κ1) is 15.9. The van der Waals surface area contributed by atoms with E-state index in [9.17, 15) is 18.0 Å². The Morgan fingerprint density at radius 2 is 2.06 bits per heavy atom. The maximum atomic E-state index is 12.3. The fourth-order valence-electron chi connectivity index (χ4n) is 1.30. The Labute approximate surface area is 120 Å². The largest absolute Gasteiger partial charge is 0.446 e. The lowest BCUT2D eigenvalue weighted by molar-refractivity contribution is -0.0328. The Morgan fingerprint density at radius 1 is 1.44 bits per heavy atom. The zero-order valence-electron chi connectivity index (χ0n) is 9.22. The van der Waals surface area contributed by atoms with E-state index in [-0.39, 0.29) is 33.9 Å². The molecule has 0 N–H and O–H groups in total. The van der Waals surface area contributed by atoms with Crippen LogP contribution in [0.2, 0.25) is 0 Å². The van der Waals surface area contributed by atoms with E-state index in [1.165, 1.54) is 18.2 Å². The molecule has 0 heterocycles. The van der Waals surface area contributed by atoms with Gasteiger partial charge in [0.15, 0.2) is 5.78 Å². The van der Waals surface area contributed by atoms with Crippen molar-refractivity contribution in [1.82, 2.24) is 0 Å². The van der Waals surface area contributed by atoms with Crippen LogP contribution >= 0.6 is 39.3 Å². The molecular weight excluding hydrogens is 353 g/mol. The van der Waals surface area contributed by atoms with Crippen LogP contribution in [0.5, 0.6) is 0 Å². The zero-order chi connectivity index (χ0) is 13.9. The highest BCUT2D eigenvalue weighted by Crippen LogP contribution is 2.37. The maximum Gasteiger partial charge on any atom is 0.446 e. The highest BCUT2D eigenvalue weighted by molar-refractivity contribution is 9.10. The minimum Gasteiger partial charge on any atom is -0.293 e. The molecule has 100 valence electrons. The van der Waals surface area contributed by atoms with Crippen molar-refractivity contribution in [1.29, 1.82) is 0 Å². The minimum atomic E-state index is -4.38. The van der Waals surface area contributed by atoms with Gasteiger partial charge < -0.3 is 0 Å². The van der Waals surface area contributed by atoms with Crippen molar-refractivity contribution in [2.45, 2.75) is 28.0 Å². The third-order valence-corrected chi connectivity index (χ3v) is 3.43. The number of Topliss-reactive ketones (excluding diaryl/α,β-unsaturated/α-hetero) is 1. The fourth-order valence-corrected chi connectivity index (χ4v) is 2.38. The van der Waals surface area contributed by atoms with Gasteiger partial charge in [-0.25, -0.2) is 0 Å². The Bertz CT molecular complexity index is 448. The number of hydrogen-bond acceptors (Lipinski definition) is 2. The summed E-state index contributed by atoms with van der Waals surface area (Å²) in [6.07, 6.45) is 0. The molecule has 0 aliphatic rings.